The first kappa shape index (κ1) is 75.3. The summed E-state index contributed by atoms with van der Waals surface area (Å²) in [5.41, 5.74) is 0. The normalized spacial score (nSPS) is 12.7. The summed E-state index contributed by atoms with van der Waals surface area (Å²) in [4.78, 5) is 38.4. The predicted octanol–water partition coefficient (Wildman–Crippen LogP) is 23.2. The van der Waals surface area contributed by atoms with Crippen molar-refractivity contribution in [3.05, 3.63) is 97.2 Å². The van der Waals surface area contributed by atoms with E-state index >= 15 is 0 Å². The molecule has 454 valence electrons. The van der Waals surface area contributed by atoms with Gasteiger partial charge in [-0.05, 0) is 122 Å². The second kappa shape index (κ2) is 66.8. The summed E-state index contributed by atoms with van der Waals surface area (Å²) in [6.07, 6.45) is 89.9. The molecule has 1 unspecified atom stereocenters. The van der Waals surface area contributed by atoms with Crippen LogP contribution in [0.25, 0.3) is 0 Å². The fourth-order valence-electron chi connectivity index (χ4n) is 9.50. The van der Waals surface area contributed by atoms with E-state index < -0.39 is 6.10 Å². The van der Waals surface area contributed by atoms with Gasteiger partial charge in [0.25, 0.3) is 0 Å². The smallest absolute Gasteiger partial charge is 0.306 e. The molecule has 0 rings (SSSR count). The molecule has 79 heavy (non-hydrogen) atoms. The van der Waals surface area contributed by atoms with Crippen molar-refractivity contribution in [3.63, 3.8) is 0 Å². The zero-order valence-electron chi connectivity index (χ0n) is 52.1. The molecule has 1 atom stereocenters. The van der Waals surface area contributed by atoms with Crippen molar-refractivity contribution in [2.45, 2.75) is 335 Å². The number of carbonyl (C=O) groups is 3. The summed E-state index contributed by atoms with van der Waals surface area (Å²) in [6.45, 7) is 6.49. The summed E-state index contributed by atoms with van der Waals surface area (Å²) in [5.74, 6) is -0.892. The molecule has 6 heteroatoms. The predicted molar refractivity (Wildman–Crippen MR) is 344 cm³/mol. The molecular weight excluding hydrogens is 973 g/mol. The number of unbranched alkanes of at least 4 members (excludes halogenated alkanes) is 34. The minimum absolute atomic E-state index is 0.0831. The summed E-state index contributed by atoms with van der Waals surface area (Å²) in [5, 5.41) is 0. The maximum Gasteiger partial charge on any atom is 0.306 e. The highest BCUT2D eigenvalue weighted by Crippen LogP contribution is 2.17. The molecular formula is C73H126O6. The number of hydrogen-bond donors (Lipinski definition) is 0. The molecule has 0 aliphatic rings. The fourth-order valence-corrected chi connectivity index (χ4v) is 9.50. The van der Waals surface area contributed by atoms with E-state index in [0.29, 0.717) is 19.3 Å². The Morgan fingerprint density at radius 2 is 0.494 bits per heavy atom. The lowest BCUT2D eigenvalue weighted by molar-refractivity contribution is -0.167. The maximum absolute atomic E-state index is 12.9. The third-order valence-corrected chi connectivity index (χ3v) is 14.5. The summed E-state index contributed by atoms with van der Waals surface area (Å²) in [7, 11) is 0. The van der Waals surface area contributed by atoms with E-state index in [-0.39, 0.29) is 31.1 Å². The number of ether oxygens (including phenoxy) is 3. The van der Waals surface area contributed by atoms with Crippen molar-refractivity contribution in [1.29, 1.82) is 0 Å². The topological polar surface area (TPSA) is 78.9 Å². The Kier molecular flexibility index (Phi) is 63.7. The molecule has 0 heterocycles. The molecule has 0 aromatic heterocycles. The summed E-state index contributed by atoms with van der Waals surface area (Å²) >= 11 is 0. The van der Waals surface area contributed by atoms with Gasteiger partial charge in [-0.15, -0.1) is 0 Å². The van der Waals surface area contributed by atoms with Crippen LogP contribution in [-0.4, -0.2) is 37.2 Å². The van der Waals surface area contributed by atoms with E-state index in [0.717, 1.165) is 116 Å². The average molecular weight is 1100 g/mol. The SMILES string of the molecule is CC/C=C\C/C=C\C/C=C\C/C=C\CCCCCCCCCCCCCCCCCCC(=O)OCC(COC(=O)CCCCCCC/C=C\C/C=C\CCCCC)OC(=O)CCCCCCCCC/C=C\C/C=C\CCCCC. The first-order valence-electron chi connectivity index (χ1n) is 33.7. The molecule has 0 spiro atoms. The molecule has 0 aromatic rings. The van der Waals surface area contributed by atoms with Crippen molar-refractivity contribution >= 4 is 17.9 Å². The van der Waals surface area contributed by atoms with E-state index in [1.807, 2.05) is 0 Å². The zero-order valence-corrected chi connectivity index (χ0v) is 52.1. The van der Waals surface area contributed by atoms with Gasteiger partial charge in [0.15, 0.2) is 6.10 Å². The average Bonchev–Trinajstić information content (AvgIpc) is 3.45. The van der Waals surface area contributed by atoms with Crippen molar-refractivity contribution < 1.29 is 28.6 Å². The molecule has 0 aliphatic carbocycles. The van der Waals surface area contributed by atoms with Crippen molar-refractivity contribution in [1.82, 2.24) is 0 Å². The van der Waals surface area contributed by atoms with E-state index in [9.17, 15) is 14.4 Å². The summed E-state index contributed by atoms with van der Waals surface area (Å²) < 4.78 is 16.9. The minimum atomic E-state index is -0.788. The summed E-state index contributed by atoms with van der Waals surface area (Å²) in [6, 6.07) is 0. The molecule has 0 saturated carbocycles. The lowest BCUT2D eigenvalue weighted by Crippen LogP contribution is -2.30. The first-order valence-corrected chi connectivity index (χ1v) is 33.7. The highest BCUT2D eigenvalue weighted by atomic mass is 16.6. The Hall–Kier alpha value is -3.67. The van der Waals surface area contributed by atoms with Gasteiger partial charge < -0.3 is 14.2 Å². The second-order valence-electron chi connectivity index (χ2n) is 22.3. The Balaban J connectivity index is 4.27. The van der Waals surface area contributed by atoms with E-state index in [1.165, 1.54) is 173 Å². The van der Waals surface area contributed by atoms with Gasteiger partial charge in [0.1, 0.15) is 13.2 Å². The number of esters is 3. The number of hydrogen-bond acceptors (Lipinski definition) is 6. The van der Waals surface area contributed by atoms with Crippen LogP contribution in [0.15, 0.2) is 97.2 Å². The van der Waals surface area contributed by atoms with Crippen molar-refractivity contribution in [2.24, 2.45) is 0 Å². The van der Waals surface area contributed by atoms with Crippen LogP contribution in [0, 0.1) is 0 Å². The second-order valence-corrected chi connectivity index (χ2v) is 22.3. The zero-order chi connectivity index (χ0) is 57.1. The molecule has 6 nitrogen and oxygen atoms in total. The van der Waals surface area contributed by atoms with Crippen LogP contribution in [0.4, 0.5) is 0 Å². The van der Waals surface area contributed by atoms with Gasteiger partial charge in [0.2, 0.25) is 0 Å². The van der Waals surface area contributed by atoms with Crippen LogP contribution in [0.1, 0.15) is 329 Å². The Labute approximate surface area is 489 Å². The lowest BCUT2D eigenvalue weighted by atomic mass is 10.0. The van der Waals surface area contributed by atoms with E-state index in [2.05, 4.69) is 118 Å². The molecule has 0 saturated heterocycles. The van der Waals surface area contributed by atoms with Crippen LogP contribution in [0.3, 0.4) is 0 Å². The van der Waals surface area contributed by atoms with Gasteiger partial charge in [-0.2, -0.15) is 0 Å². The van der Waals surface area contributed by atoms with Crippen LogP contribution in [0.5, 0.6) is 0 Å². The van der Waals surface area contributed by atoms with Crippen molar-refractivity contribution in [3.8, 4) is 0 Å². The molecule has 0 aromatic carbocycles. The number of allylic oxidation sites excluding steroid dienone is 16. The molecule has 0 bridgehead atoms. The van der Waals surface area contributed by atoms with Crippen LogP contribution in [0.2, 0.25) is 0 Å². The maximum atomic E-state index is 12.9. The molecule has 0 amide bonds. The van der Waals surface area contributed by atoms with Gasteiger partial charge in [0.05, 0.1) is 0 Å². The van der Waals surface area contributed by atoms with Crippen molar-refractivity contribution in [2.75, 3.05) is 13.2 Å². The van der Waals surface area contributed by atoms with Crippen LogP contribution >= 0.6 is 0 Å². The molecule has 0 fully saturated rings. The standard InChI is InChI=1S/C73H126O6/c1-4-7-10-13-16-19-22-25-28-30-31-32-33-34-35-36-37-38-39-40-41-43-45-48-51-54-57-60-63-66-72(75)78-69-70(68-77-71(74)65-62-59-56-53-50-47-44-27-24-21-18-15-12-9-6-3)79-73(76)67-64-61-58-55-52-49-46-42-29-26-23-20-17-14-11-8-5-2/h7,10,16-21,25-29,31-32,44,70H,4-6,8-9,11-15,22-24,30,33-43,45-69H2,1-3H3/b10-7-,19-16-,20-17-,21-18-,28-25-,29-26-,32-31-,44-27-. The largest absolute Gasteiger partial charge is 0.462 e. The highest BCUT2D eigenvalue weighted by Gasteiger charge is 2.19. The Morgan fingerprint density at radius 3 is 0.772 bits per heavy atom. The molecule has 0 radical (unpaired) electrons. The van der Waals surface area contributed by atoms with Gasteiger partial charge in [0, 0.05) is 19.3 Å². The van der Waals surface area contributed by atoms with Crippen LogP contribution < -0.4 is 0 Å². The number of rotatable bonds is 61. The highest BCUT2D eigenvalue weighted by molar-refractivity contribution is 5.71. The first-order chi connectivity index (χ1) is 39.0. The molecule has 0 N–H and O–H groups in total. The van der Waals surface area contributed by atoms with Gasteiger partial charge in [-0.1, -0.05) is 285 Å². The monoisotopic (exact) mass is 1100 g/mol. The Morgan fingerprint density at radius 1 is 0.266 bits per heavy atom. The minimum Gasteiger partial charge on any atom is -0.462 e. The Bertz CT molecular complexity index is 1540. The van der Waals surface area contributed by atoms with E-state index in [1.54, 1.807) is 0 Å². The molecule has 0 aliphatic heterocycles. The van der Waals surface area contributed by atoms with Gasteiger partial charge in [-0.25, -0.2) is 0 Å². The third kappa shape index (κ3) is 65.0. The van der Waals surface area contributed by atoms with E-state index in [4.69, 9.17) is 14.2 Å². The van der Waals surface area contributed by atoms with Gasteiger partial charge in [-0.3, -0.25) is 14.4 Å². The lowest BCUT2D eigenvalue weighted by Gasteiger charge is -2.18. The quantitative estimate of drug-likeness (QED) is 0.0261. The number of carbonyl (C=O) groups excluding carboxylic acids is 3. The van der Waals surface area contributed by atoms with Crippen LogP contribution in [-0.2, 0) is 28.6 Å². The van der Waals surface area contributed by atoms with Gasteiger partial charge >= 0.3 is 17.9 Å². The third-order valence-electron chi connectivity index (χ3n) is 14.5. The fraction of sp³-hybridized carbons (Fsp3) is 0.740.